The number of nitrogens with zero attached hydrogens (tertiary/aromatic N) is 1. The van der Waals surface area contributed by atoms with Gasteiger partial charge >= 0.3 is 0 Å². The lowest BCUT2D eigenvalue weighted by atomic mass is 10.1. The maximum Gasteiger partial charge on any atom is 0.0976 e. The van der Waals surface area contributed by atoms with Crippen molar-refractivity contribution in [1.82, 2.24) is 4.98 Å². The third-order valence-electron chi connectivity index (χ3n) is 3.13. The van der Waals surface area contributed by atoms with Gasteiger partial charge in [-0.25, -0.2) is 4.98 Å². The topological polar surface area (TPSA) is 12.9 Å². The van der Waals surface area contributed by atoms with Crippen LogP contribution in [0.1, 0.15) is 16.1 Å². The van der Waals surface area contributed by atoms with Gasteiger partial charge in [0, 0.05) is 21.8 Å². The Kier molecular flexibility index (Phi) is 3.99. The van der Waals surface area contributed by atoms with Crippen LogP contribution in [0, 0.1) is 6.92 Å². The number of aromatic nitrogens is 1. The van der Waals surface area contributed by atoms with Crippen molar-refractivity contribution in [3.63, 3.8) is 0 Å². The molecule has 0 amide bonds. The average Bonchev–Trinajstić information content (AvgIpc) is 2.88. The number of benzene rings is 2. The summed E-state index contributed by atoms with van der Waals surface area (Å²) in [5.41, 5.74) is 4.85. The third-order valence-corrected chi connectivity index (χ3v) is 4.51. The van der Waals surface area contributed by atoms with Crippen LogP contribution in [0.25, 0.3) is 11.3 Å². The zero-order valence-electron chi connectivity index (χ0n) is 11.1. The van der Waals surface area contributed by atoms with Crippen molar-refractivity contribution in [3.8, 4) is 11.3 Å². The molecule has 0 aliphatic heterocycles. The molecular weight excluding hydrogens is 330 g/mol. The van der Waals surface area contributed by atoms with Gasteiger partial charge in [-0.2, -0.15) is 0 Å². The number of hydrogen-bond acceptors (Lipinski definition) is 2. The summed E-state index contributed by atoms with van der Waals surface area (Å²) < 4.78 is 1.09. The van der Waals surface area contributed by atoms with E-state index >= 15 is 0 Å². The first kappa shape index (κ1) is 13.5. The summed E-state index contributed by atoms with van der Waals surface area (Å²) in [7, 11) is 0. The van der Waals surface area contributed by atoms with Gasteiger partial charge in [0.05, 0.1) is 10.7 Å². The van der Waals surface area contributed by atoms with Crippen LogP contribution in [0.3, 0.4) is 0 Å². The van der Waals surface area contributed by atoms with E-state index in [9.17, 15) is 0 Å². The molecular formula is C17H14BrNS. The Morgan fingerprint density at radius 1 is 1.10 bits per heavy atom. The lowest BCUT2D eigenvalue weighted by Gasteiger charge is -2.00. The zero-order valence-corrected chi connectivity index (χ0v) is 13.5. The summed E-state index contributed by atoms with van der Waals surface area (Å²) >= 11 is 5.18. The molecule has 0 aliphatic rings. The Hall–Kier alpha value is -1.45. The fourth-order valence-corrected chi connectivity index (χ4v) is 3.24. The molecule has 0 spiro atoms. The Balaban J connectivity index is 1.82. The van der Waals surface area contributed by atoms with E-state index in [1.54, 1.807) is 11.3 Å². The van der Waals surface area contributed by atoms with Crippen LogP contribution in [-0.4, -0.2) is 4.98 Å². The van der Waals surface area contributed by atoms with Gasteiger partial charge in [-0.15, -0.1) is 11.3 Å². The molecule has 20 heavy (non-hydrogen) atoms. The monoisotopic (exact) mass is 343 g/mol. The van der Waals surface area contributed by atoms with Crippen molar-refractivity contribution in [1.29, 1.82) is 0 Å². The van der Waals surface area contributed by atoms with E-state index in [2.05, 4.69) is 76.8 Å². The fourth-order valence-electron chi connectivity index (χ4n) is 2.14. The van der Waals surface area contributed by atoms with Crippen molar-refractivity contribution >= 4 is 27.3 Å². The molecule has 0 N–H and O–H groups in total. The molecule has 0 saturated carbocycles. The van der Waals surface area contributed by atoms with Gasteiger partial charge in [0.25, 0.3) is 0 Å². The zero-order chi connectivity index (χ0) is 13.9. The number of hydrogen-bond donors (Lipinski definition) is 0. The maximum absolute atomic E-state index is 4.74. The van der Waals surface area contributed by atoms with Gasteiger partial charge in [0.2, 0.25) is 0 Å². The van der Waals surface area contributed by atoms with Crippen LogP contribution in [-0.2, 0) is 6.42 Å². The number of aryl methyl sites for hydroxylation is 1. The predicted molar refractivity (Wildman–Crippen MR) is 89.2 cm³/mol. The molecule has 3 aromatic rings. The summed E-state index contributed by atoms with van der Waals surface area (Å²) in [5, 5.41) is 3.29. The average molecular weight is 344 g/mol. The second-order valence-electron chi connectivity index (χ2n) is 4.80. The minimum Gasteiger partial charge on any atom is -0.241 e. The van der Waals surface area contributed by atoms with E-state index in [1.165, 1.54) is 16.7 Å². The summed E-state index contributed by atoms with van der Waals surface area (Å²) in [6.07, 6.45) is 0.906. The standard InChI is InChI=1S/C17H14BrNS/c1-12-3-2-4-13(9-12)10-17-19-16(11-20-17)14-5-7-15(18)8-6-14/h2-9,11H,10H2,1H3. The molecule has 0 unspecified atom stereocenters. The molecule has 0 bridgehead atoms. The molecule has 0 radical (unpaired) electrons. The third kappa shape index (κ3) is 3.17. The van der Waals surface area contributed by atoms with E-state index in [0.29, 0.717) is 0 Å². The van der Waals surface area contributed by atoms with Gasteiger partial charge in [-0.3, -0.25) is 0 Å². The highest BCUT2D eigenvalue weighted by atomic mass is 79.9. The highest BCUT2D eigenvalue weighted by Gasteiger charge is 2.05. The Labute approximate surface area is 131 Å². The van der Waals surface area contributed by atoms with Crippen LogP contribution in [0.4, 0.5) is 0 Å². The maximum atomic E-state index is 4.74. The smallest absolute Gasteiger partial charge is 0.0976 e. The van der Waals surface area contributed by atoms with Crippen molar-refractivity contribution < 1.29 is 0 Å². The molecule has 0 saturated heterocycles. The summed E-state index contributed by atoms with van der Waals surface area (Å²) in [4.78, 5) is 4.74. The first-order valence-electron chi connectivity index (χ1n) is 6.46. The van der Waals surface area contributed by atoms with Crippen LogP contribution in [0.5, 0.6) is 0 Å². The molecule has 1 aromatic heterocycles. The summed E-state index contributed by atoms with van der Waals surface area (Å²) in [6.45, 7) is 2.12. The molecule has 100 valence electrons. The normalized spacial score (nSPS) is 10.7. The van der Waals surface area contributed by atoms with E-state index in [4.69, 9.17) is 4.98 Å². The van der Waals surface area contributed by atoms with Crippen molar-refractivity contribution in [2.24, 2.45) is 0 Å². The van der Waals surface area contributed by atoms with E-state index in [-0.39, 0.29) is 0 Å². The van der Waals surface area contributed by atoms with Crippen molar-refractivity contribution in [2.75, 3.05) is 0 Å². The van der Waals surface area contributed by atoms with Gasteiger partial charge in [-0.1, -0.05) is 57.9 Å². The number of thiazole rings is 1. The Morgan fingerprint density at radius 2 is 1.90 bits per heavy atom. The van der Waals surface area contributed by atoms with Gasteiger partial charge in [0.15, 0.2) is 0 Å². The Morgan fingerprint density at radius 3 is 2.65 bits per heavy atom. The number of rotatable bonds is 3. The van der Waals surface area contributed by atoms with Crippen LogP contribution >= 0.6 is 27.3 Å². The molecule has 2 aromatic carbocycles. The molecule has 1 heterocycles. The van der Waals surface area contributed by atoms with Gasteiger partial charge < -0.3 is 0 Å². The van der Waals surface area contributed by atoms with Gasteiger partial charge in [0.1, 0.15) is 0 Å². The second kappa shape index (κ2) is 5.90. The van der Waals surface area contributed by atoms with Crippen molar-refractivity contribution in [2.45, 2.75) is 13.3 Å². The molecule has 0 atom stereocenters. The predicted octanol–water partition coefficient (Wildman–Crippen LogP) is 5.47. The highest BCUT2D eigenvalue weighted by Crippen LogP contribution is 2.25. The molecule has 1 nitrogen and oxygen atoms in total. The first-order chi connectivity index (χ1) is 9.70. The van der Waals surface area contributed by atoms with E-state index in [0.717, 1.165) is 21.6 Å². The van der Waals surface area contributed by atoms with E-state index < -0.39 is 0 Å². The SMILES string of the molecule is Cc1cccc(Cc2nc(-c3ccc(Br)cc3)cs2)c1. The molecule has 0 fully saturated rings. The molecule has 0 aliphatic carbocycles. The van der Waals surface area contributed by atoms with Crippen LogP contribution in [0.2, 0.25) is 0 Å². The van der Waals surface area contributed by atoms with Crippen molar-refractivity contribution in [3.05, 3.63) is 74.5 Å². The quantitative estimate of drug-likeness (QED) is 0.614. The largest absolute Gasteiger partial charge is 0.241 e. The number of halogens is 1. The summed E-state index contributed by atoms with van der Waals surface area (Å²) in [5.74, 6) is 0. The highest BCUT2D eigenvalue weighted by molar-refractivity contribution is 9.10. The van der Waals surface area contributed by atoms with Crippen LogP contribution in [0.15, 0.2) is 58.4 Å². The molecule has 3 rings (SSSR count). The van der Waals surface area contributed by atoms with E-state index in [1.807, 2.05) is 0 Å². The Bertz CT molecular complexity index is 716. The minimum absolute atomic E-state index is 0.906. The molecule has 3 heteroatoms. The first-order valence-corrected chi connectivity index (χ1v) is 8.14. The lowest BCUT2D eigenvalue weighted by molar-refractivity contribution is 1.13. The fraction of sp³-hybridized carbons (Fsp3) is 0.118. The van der Waals surface area contributed by atoms with Crippen LogP contribution < -0.4 is 0 Å². The van der Waals surface area contributed by atoms with Gasteiger partial charge in [-0.05, 0) is 24.6 Å². The summed E-state index contributed by atoms with van der Waals surface area (Å²) in [6, 6.07) is 16.9. The lowest BCUT2D eigenvalue weighted by Crippen LogP contribution is -1.88. The second-order valence-corrected chi connectivity index (χ2v) is 6.66. The minimum atomic E-state index is 0.906.